The predicted octanol–water partition coefficient (Wildman–Crippen LogP) is 5.41. The summed E-state index contributed by atoms with van der Waals surface area (Å²) in [7, 11) is 0. The third kappa shape index (κ3) is 4.23. The van der Waals surface area contributed by atoms with Gasteiger partial charge in [-0.1, -0.05) is 54.1 Å². The molecule has 29 heavy (non-hydrogen) atoms. The molecule has 0 aromatic heterocycles. The number of ether oxygens (including phenoxy) is 2. The fraction of sp³-hybridized carbons (Fsp3) is 0.0833. The fourth-order valence-corrected chi connectivity index (χ4v) is 3.30. The summed E-state index contributed by atoms with van der Waals surface area (Å²) in [6, 6.07) is 19.7. The summed E-state index contributed by atoms with van der Waals surface area (Å²) in [5.41, 5.74) is 2.86. The van der Waals surface area contributed by atoms with Crippen LogP contribution in [0.3, 0.4) is 0 Å². The smallest absolute Gasteiger partial charge is 0.315 e. The molecule has 3 aromatic rings. The number of carbonyl (C=O) groups excluding carboxylic acids is 2. The average Bonchev–Trinajstić information content (AvgIpc) is 3.00. The lowest BCUT2D eigenvalue weighted by Crippen LogP contribution is -2.11. The number of allylic oxidation sites excluding steroid dienone is 1. The highest BCUT2D eigenvalue weighted by Gasteiger charge is 2.30. The fourth-order valence-electron chi connectivity index (χ4n) is 3.17. The summed E-state index contributed by atoms with van der Waals surface area (Å²) in [6.07, 6.45) is 1.82. The van der Waals surface area contributed by atoms with E-state index in [1.807, 2.05) is 30.3 Å². The molecule has 1 aliphatic heterocycles. The minimum Gasteiger partial charge on any atom is -0.452 e. The lowest BCUT2D eigenvalue weighted by Gasteiger charge is -2.08. The number of hydrogen-bond donors (Lipinski definition) is 0. The number of benzene rings is 3. The molecule has 0 N–H and O–H groups in total. The monoisotopic (exact) mass is 404 g/mol. The second kappa shape index (κ2) is 7.94. The van der Waals surface area contributed by atoms with Gasteiger partial charge in [0.2, 0.25) is 5.78 Å². The van der Waals surface area contributed by atoms with E-state index in [2.05, 4.69) is 0 Å². The van der Waals surface area contributed by atoms with E-state index < -0.39 is 5.97 Å². The normalized spacial score (nSPS) is 13.9. The van der Waals surface area contributed by atoms with Gasteiger partial charge in [0.25, 0.3) is 0 Å². The number of aryl methyl sites for hydroxylation is 1. The number of halogens is 1. The largest absolute Gasteiger partial charge is 0.452 e. The Kier molecular flexibility index (Phi) is 5.19. The van der Waals surface area contributed by atoms with Gasteiger partial charge in [0.15, 0.2) is 5.76 Å². The van der Waals surface area contributed by atoms with Gasteiger partial charge in [-0.3, -0.25) is 9.59 Å². The molecule has 5 heteroatoms. The summed E-state index contributed by atoms with van der Waals surface area (Å²) in [5.74, 6) is 0.399. The molecule has 0 saturated carbocycles. The van der Waals surface area contributed by atoms with Crippen LogP contribution in [0, 0.1) is 6.92 Å². The van der Waals surface area contributed by atoms with Crippen LogP contribution in [0.5, 0.6) is 11.5 Å². The van der Waals surface area contributed by atoms with Crippen molar-refractivity contribution < 1.29 is 19.1 Å². The number of Topliss-reactive ketones (excluding diaryl/α,β-unsaturated/α-hetero) is 1. The molecule has 0 atom stereocenters. The Hall–Kier alpha value is -3.37. The summed E-state index contributed by atoms with van der Waals surface area (Å²) >= 11 is 5.86. The first-order chi connectivity index (χ1) is 14.0. The van der Waals surface area contributed by atoms with Gasteiger partial charge in [0.05, 0.1) is 12.0 Å². The van der Waals surface area contributed by atoms with Crippen LogP contribution >= 0.6 is 11.6 Å². The maximum Gasteiger partial charge on any atom is 0.315 e. The molecule has 0 aliphatic carbocycles. The zero-order valence-corrected chi connectivity index (χ0v) is 16.4. The molecule has 0 bridgehead atoms. The Labute approximate surface area is 173 Å². The Morgan fingerprint density at radius 2 is 1.79 bits per heavy atom. The van der Waals surface area contributed by atoms with Crippen molar-refractivity contribution in [2.45, 2.75) is 13.3 Å². The highest BCUT2D eigenvalue weighted by molar-refractivity contribution is 6.30. The van der Waals surface area contributed by atoms with Gasteiger partial charge in [0.1, 0.15) is 11.5 Å². The average molecular weight is 405 g/mol. The van der Waals surface area contributed by atoms with E-state index in [9.17, 15) is 9.59 Å². The van der Waals surface area contributed by atoms with Crippen LogP contribution in [-0.2, 0) is 11.2 Å². The van der Waals surface area contributed by atoms with Crippen molar-refractivity contribution in [3.05, 3.63) is 99.8 Å². The SMILES string of the molecule is Cc1cc(OC(=O)Cc2ccc(Cl)cc2)cc2c1C(=O)/C(=C/c1ccccc1)O2. The Morgan fingerprint density at radius 1 is 1.07 bits per heavy atom. The van der Waals surface area contributed by atoms with Crippen molar-refractivity contribution in [2.24, 2.45) is 0 Å². The second-order valence-electron chi connectivity index (χ2n) is 6.74. The Morgan fingerprint density at radius 3 is 2.52 bits per heavy atom. The first-order valence-corrected chi connectivity index (χ1v) is 9.46. The van der Waals surface area contributed by atoms with E-state index in [0.29, 0.717) is 27.6 Å². The molecule has 3 aromatic carbocycles. The van der Waals surface area contributed by atoms with Crippen molar-refractivity contribution in [1.82, 2.24) is 0 Å². The van der Waals surface area contributed by atoms with Gasteiger partial charge in [-0.15, -0.1) is 0 Å². The molecule has 0 saturated heterocycles. The van der Waals surface area contributed by atoms with Crippen molar-refractivity contribution in [1.29, 1.82) is 0 Å². The van der Waals surface area contributed by atoms with Crippen LogP contribution in [0.4, 0.5) is 0 Å². The molecule has 1 heterocycles. The van der Waals surface area contributed by atoms with E-state index in [4.69, 9.17) is 21.1 Å². The minimum atomic E-state index is -0.406. The molecule has 4 rings (SSSR count). The van der Waals surface area contributed by atoms with Crippen molar-refractivity contribution in [3.8, 4) is 11.5 Å². The number of ketones is 1. The van der Waals surface area contributed by atoms with Gasteiger partial charge >= 0.3 is 5.97 Å². The zero-order valence-electron chi connectivity index (χ0n) is 15.6. The van der Waals surface area contributed by atoms with Crippen LogP contribution in [0.2, 0.25) is 5.02 Å². The second-order valence-corrected chi connectivity index (χ2v) is 7.18. The minimum absolute atomic E-state index is 0.117. The highest BCUT2D eigenvalue weighted by Crippen LogP contribution is 2.37. The molecular formula is C24H17ClO4. The van der Waals surface area contributed by atoms with Crippen molar-refractivity contribution in [2.75, 3.05) is 0 Å². The van der Waals surface area contributed by atoms with E-state index in [-0.39, 0.29) is 18.0 Å². The van der Waals surface area contributed by atoms with Crippen LogP contribution in [0.25, 0.3) is 6.08 Å². The predicted molar refractivity (Wildman–Crippen MR) is 111 cm³/mol. The number of esters is 1. The van der Waals surface area contributed by atoms with Crippen molar-refractivity contribution >= 4 is 29.4 Å². The number of rotatable bonds is 4. The van der Waals surface area contributed by atoms with E-state index in [1.165, 1.54) is 0 Å². The summed E-state index contributed by atoms with van der Waals surface area (Å²) < 4.78 is 11.2. The molecule has 0 unspecified atom stereocenters. The van der Waals surface area contributed by atoms with Crippen LogP contribution < -0.4 is 9.47 Å². The van der Waals surface area contributed by atoms with Crippen LogP contribution in [0.15, 0.2) is 72.5 Å². The third-order valence-electron chi connectivity index (χ3n) is 4.53. The summed E-state index contributed by atoms with van der Waals surface area (Å²) in [5, 5.41) is 0.609. The van der Waals surface area contributed by atoms with Gasteiger partial charge in [-0.25, -0.2) is 0 Å². The Balaban J connectivity index is 1.53. The maximum absolute atomic E-state index is 12.7. The Bertz CT molecular complexity index is 1120. The highest BCUT2D eigenvalue weighted by atomic mass is 35.5. The van der Waals surface area contributed by atoms with Gasteiger partial charge in [-0.2, -0.15) is 0 Å². The third-order valence-corrected chi connectivity index (χ3v) is 4.79. The standard InChI is InChI=1S/C24H17ClO4/c1-15-11-19(28-22(26)13-17-7-9-18(25)10-8-17)14-20-23(15)24(27)21(29-20)12-16-5-3-2-4-6-16/h2-12,14H,13H2,1H3/b21-12-. The molecule has 4 nitrogen and oxygen atoms in total. The molecule has 144 valence electrons. The maximum atomic E-state index is 12.7. The quantitative estimate of drug-likeness (QED) is 0.331. The zero-order chi connectivity index (χ0) is 20.4. The van der Waals surface area contributed by atoms with E-state index in [0.717, 1.165) is 11.1 Å². The number of carbonyl (C=O) groups is 2. The van der Waals surface area contributed by atoms with Gasteiger partial charge in [0, 0.05) is 11.1 Å². The molecule has 0 amide bonds. The topological polar surface area (TPSA) is 52.6 Å². The first kappa shape index (κ1) is 19.0. The lowest BCUT2D eigenvalue weighted by molar-refractivity contribution is -0.133. The van der Waals surface area contributed by atoms with Gasteiger partial charge in [-0.05, 0) is 47.9 Å². The summed E-state index contributed by atoms with van der Waals surface area (Å²) in [6.45, 7) is 1.79. The van der Waals surface area contributed by atoms with E-state index >= 15 is 0 Å². The molecule has 0 fully saturated rings. The molecule has 1 aliphatic rings. The summed E-state index contributed by atoms with van der Waals surface area (Å²) in [4.78, 5) is 25.0. The lowest BCUT2D eigenvalue weighted by atomic mass is 10.0. The molecule has 0 spiro atoms. The van der Waals surface area contributed by atoms with E-state index in [1.54, 1.807) is 49.4 Å². The molecule has 0 radical (unpaired) electrons. The number of fused-ring (bicyclic) bond motifs is 1. The van der Waals surface area contributed by atoms with Crippen LogP contribution in [0.1, 0.15) is 27.0 Å². The molecular weight excluding hydrogens is 388 g/mol. The number of hydrogen-bond acceptors (Lipinski definition) is 4. The van der Waals surface area contributed by atoms with Gasteiger partial charge < -0.3 is 9.47 Å². The first-order valence-electron chi connectivity index (χ1n) is 9.08. The van der Waals surface area contributed by atoms with Crippen molar-refractivity contribution in [3.63, 3.8) is 0 Å². The van der Waals surface area contributed by atoms with Crippen LogP contribution in [-0.4, -0.2) is 11.8 Å².